The Kier molecular flexibility index (Phi) is 2.33. The van der Waals surface area contributed by atoms with Crippen molar-refractivity contribution in [2.75, 3.05) is 5.32 Å². The van der Waals surface area contributed by atoms with Crippen molar-refractivity contribution in [3.8, 4) is 0 Å². The summed E-state index contributed by atoms with van der Waals surface area (Å²) in [5, 5.41) is 14.0. The van der Waals surface area contributed by atoms with Crippen LogP contribution in [0, 0.1) is 0 Å². The first-order chi connectivity index (χ1) is 8.33. The number of halogens is 1. The van der Waals surface area contributed by atoms with Crippen molar-refractivity contribution in [2.24, 2.45) is 0 Å². The summed E-state index contributed by atoms with van der Waals surface area (Å²) in [7, 11) is 0. The van der Waals surface area contributed by atoms with E-state index >= 15 is 0 Å². The molecule has 3 aromatic heterocycles. The Morgan fingerprint density at radius 2 is 2.29 bits per heavy atom. The highest BCUT2D eigenvalue weighted by Gasteiger charge is 2.06. The number of nitrogens with zero attached hydrogens (tertiary/aromatic N) is 6. The zero-order valence-electron chi connectivity index (χ0n) is 8.50. The van der Waals surface area contributed by atoms with Gasteiger partial charge in [0.2, 0.25) is 0 Å². The lowest BCUT2D eigenvalue weighted by atomic mass is 10.5. The molecule has 0 unspecified atom stereocenters. The van der Waals surface area contributed by atoms with Crippen LogP contribution in [-0.2, 0) is 6.54 Å². The van der Waals surface area contributed by atoms with Crippen LogP contribution in [0.25, 0.3) is 5.78 Å². The van der Waals surface area contributed by atoms with E-state index in [1.807, 2.05) is 0 Å². The van der Waals surface area contributed by atoms with Gasteiger partial charge in [-0.15, -0.1) is 0 Å². The van der Waals surface area contributed by atoms with Crippen molar-refractivity contribution in [3.05, 3.63) is 29.7 Å². The fourth-order valence-corrected chi connectivity index (χ4v) is 1.58. The predicted octanol–water partition coefficient (Wildman–Crippen LogP) is 0.508. The van der Waals surface area contributed by atoms with Crippen LogP contribution in [0.2, 0.25) is 5.15 Å². The third-order valence-corrected chi connectivity index (χ3v) is 2.32. The van der Waals surface area contributed by atoms with E-state index in [-0.39, 0.29) is 0 Å². The summed E-state index contributed by atoms with van der Waals surface area (Å²) in [5.41, 5.74) is 0. The molecule has 0 fully saturated rings. The molecule has 0 aromatic carbocycles. The van der Waals surface area contributed by atoms with Crippen molar-refractivity contribution >= 4 is 23.2 Å². The molecule has 0 aliphatic heterocycles. The normalized spacial score (nSPS) is 10.9. The molecule has 0 amide bonds. The van der Waals surface area contributed by atoms with Gasteiger partial charge in [-0.3, -0.25) is 5.10 Å². The Bertz CT molecular complexity index is 630. The van der Waals surface area contributed by atoms with Crippen molar-refractivity contribution in [1.82, 2.24) is 34.8 Å². The molecule has 8 nitrogen and oxygen atoms in total. The molecule has 86 valence electrons. The molecule has 0 spiro atoms. The van der Waals surface area contributed by atoms with Gasteiger partial charge in [-0.25, -0.2) is 4.98 Å². The molecule has 0 saturated carbocycles. The minimum Gasteiger partial charge on any atom is -0.363 e. The first-order valence-corrected chi connectivity index (χ1v) is 5.15. The third-order valence-electron chi connectivity index (χ3n) is 2.12. The maximum absolute atomic E-state index is 5.87. The fraction of sp³-hybridized carbons (Fsp3) is 0.125. The molecule has 0 aliphatic carbocycles. The van der Waals surface area contributed by atoms with Crippen LogP contribution in [0.15, 0.2) is 18.7 Å². The van der Waals surface area contributed by atoms with E-state index in [0.29, 0.717) is 29.1 Å². The molecular weight excluding hydrogens is 244 g/mol. The Morgan fingerprint density at radius 1 is 1.35 bits per heavy atom. The minimum atomic E-state index is 0.352. The zero-order valence-corrected chi connectivity index (χ0v) is 9.26. The summed E-state index contributed by atoms with van der Waals surface area (Å²) in [6, 6.07) is 1.67. The molecule has 3 aromatic rings. The lowest BCUT2D eigenvalue weighted by Crippen LogP contribution is -2.07. The second kappa shape index (κ2) is 3.98. The summed E-state index contributed by atoms with van der Waals surface area (Å²) >= 11 is 5.87. The second-order valence-corrected chi connectivity index (χ2v) is 3.61. The molecule has 17 heavy (non-hydrogen) atoms. The molecule has 0 atom stereocenters. The van der Waals surface area contributed by atoms with E-state index in [0.717, 1.165) is 0 Å². The first kappa shape index (κ1) is 9.97. The maximum atomic E-state index is 5.87. The molecule has 0 saturated heterocycles. The summed E-state index contributed by atoms with van der Waals surface area (Å²) in [5.74, 6) is 1.85. The van der Waals surface area contributed by atoms with E-state index in [4.69, 9.17) is 11.6 Å². The summed E-state index contributed by atoms with van der Waals surface area (Å²) in [6.07, 6.45) is 2.86. The average molecular weight is 251 g/mol. The number of hydrogen-bond acceptors (Lipinski definition) is 6. The number of fused-ring (bicyclic) bond motifs is 1. The summed E-state index contributed by atoms with van der Waals surface area (Å²) in [6.45, 7) is 0.481. The van der Waals surface area contributed by atoms with Gasteiger partial charge in [0.25, 0.3) is 5.78 Å². The lowest BCUT2D eigenvalue weighted by Gasteiger charge is -2.05. The molecule has 3 heterocycles. The van der Waals surface area contributed by atoms with Gasteiger partial charge in [-0.2, -0.15) is 24.7 Å². The number of aromatic nitrogens is 7. The third kappa shape index (κ3) is 1.89. The quantitative estimate of drug-likeness (QED) is 0.658. The molecular formula is C8H7ClN8. The highest BCUT2D eigenvalue weighted by Crippen LogP contribution is 2.14. The monoisotopic (exact) mass is 250 g/mol. The summed E-state index contributed by atoms with van der Waals surface area (Å²) in [4.78, 5) is 12.0. The second-order valence-electron chi connectivity index (χ2n) is 3.22. The van der Waals surface area contributed by atoms with Crippen LogP contribution in [0.4, 0.5) is 5.82 Å². The number of nitrogens with one attached hydrogen (secondary N) is 2. The van der Waals surface area contributed by atoms with Gasteiger partial charge in [0, 0.05) is 6.07 Å². The topological polar surface area (TPSA) is 96.7 Å². The van der Waals surface area contributed by atoms with Crippen LogP contribution in [-0.4, -0.2) is 34.8 Å². The lowest BCUT2D eigenvalue weighted by molar-refractivity contribution is 0.897. The molecule has 2 N–H and O–H groups in total. The van der Waals surface area contributed by atoms with Gasteiger partial charge in [0.05, 0.1) is 6.54 Å². The molecule has 3 rings (SSSR count). The standard InChI is InChI=1S/C8H7ClN8/c9-5-1-7(10-2-6-11-3-13-16-6)17-8(15-5)12-4-14-17/h1,3-4,10H,2H2,(H,11,13,16). The highest BCUT2D eigenvalue weighted by atomic mass is 35.5. The van der Waals surface area contributed by atoms with E-state index < -0.39 is 0 Å². The molecule has 0 aliphatic rings. The van der Waals surface area contributed by atoms with Crippen LogP contribution in [0.1, 0.15) is 5.82 Å². The SMILES string of the molecule is Clc1cc(NCc2ncn[nH]2)n2ncnc2n1. The Morgan fingerprint density at radius 3 is 3.12 bits per heavy atom. The summed E-state index contributed by atoms with van der Waals surface area (Å²) < 4.78 is 1.56. The minimum absolute atomic E-state index is 0.352. The number of rotatable bonds is 3. The molecule has 9 heteroatoms. The van der Waals surface area contributed by atoms with E-state index in [9.17, 15) is 0 Å². The largest absolute Gasteiger partial charge is 0.363 e. The van der Waals surface area contributed by atoms with Gasteiger partial charge < -0.3 is 5.32 Å². The predicted molar refractivity (Wildman–Crippen MR) is 59.5 cm³/mol. The zero-order chi connectivity index (χ0) is 11.7. The van der Waals surface area contributed by atoms with Crippen LogP contribution >= 0.6 is 11.6 Å². The van der Waals surface area contributed by atoms with Crippen molar-refractivity contribution in [2.45, 2.75) is 6.54 Å². The first-order valence-electron chi connectivity index (χ1n) is 4.77. The Balaban J connectivity index is 1.91. The van der Waals surface area contributed by atoms with E-state index in [2.05, 4.69) is 35.6 Å². The van der Waals surface area contributed by atoms with Crippen LogP contribution < -0.4 is 5.32 Å². The van der Waals surface area contributed by atoms with E-state index in [1.54, 1.807) is 10.6 Å². The van der Waals surface area contributed by atoms with Crippen molar-refractivity contribution in [1.29, 1.82) is 0 Å². The Hall–Kier alpha value is -2.22. The number of H-pyrrole nitrogens is 1. The van der Waals surface area contributed by atoms with E-state index in [1.165, 1.54) is 12.7 Å². The maximum Gasteiger partial charge on any atom is 0.255 e. The van der Waals surface area contributed by atoms with Gasteiger partial charge in [-0.1, -0.05) is 11.6 Å². The Labute approximate surface area is 100 Å². The van der Waals surface area contributed by atoms with Crippen molar-refractivity contribution in [3.63, 3.8) is 0 Å². The van der Waals surface area contributed by atoms with Crippen LogP contribution in [0.3, 0.4) is 0 Å². The van der Waals surface area contributed by atoms with Crippen LogP contribution in [0.5, 0.6) is 0 Å². The highest BCUT2D eigenvalue weighted by molar-refractivity contribution is 6.29. The molecule has 0 radical (unpaired) electrons. The number of anilines is 1. The number of hydrogen-bond donors (Lipinski definition) is 2. The van der Waals surface area contributed by atoms with Gasteiger partial charge in [0.15, 0.2) is 0 Å². The van der Waals surface area contributed by atoms with Gasteiger partial charge in [0.1, 0.15) is 29.5 Å². The average Bonchev–Trinajstić information content (AvgIpc) is 2.95. The number of aromatic amines is 1. The smallest absolute Gasteiger partial charge is 0.255 e. The fourth-order valence-electron chi connectivity index (χ4n) is 1.40. The van der Waals surface area contributed by atoms with Crippen molar-refractivity contribution < 1.29 is 0 Å². The van der Waals surface area contributed by atoms with Gasteiger partial charge in [-0.05, 0) is 0 Å². The molecule has 0 bridgehead atoms. The van der Waals surface area contributed by atoms with Gasteiger partial charge >= 0.3 is 0 Å².